The standard InChI is InChI=1S/C18H24O2/c1-15(2)9-5-7-11-17(19)13-14-18(20)12-8-6-10-16(3)4/h5-6,9-10,13-14H,1,3,7-8,11-12H2,2,4H3/b9-5+,10-6+,14-13+. The summed E-state index contributed by atoms with van der Waals surface area (Å²) in [6.45, 7) is 11.3. The number of hydrogen-bond donors (Lipinski definition) is 0. The summed E-state index contributed by atoms with van der Waals surface area (Å²) in [6, 6.07) is 0. The van der Waals surface area contributed by atoms with Crippen LogP contribution in [0.1, 0.15) is 39.5 Å². The molecular weight excluding hydrogens is 248 g/mol. The minimum atomic E-state index is -0.0257. The molecule has 0 saturated heterocycles. The van der Waals surface area contributed by atoms with Gasteiger partial charge in [0.2, 0.25) is 0 Å². The number of rotatable bonds is 10. The molecule has 0 spiro atoms. The third-order valence-corrected chi connectivity index (χ3v) is 2.37. The molecule has 0 aliphatic rings. The van der Waals surface area contributed by atoms with Crippen LogP contribution in [0.15, 0.2) is 60.8 Å². The van der Waals surface area contributed by atoms with Crippen molar-refractivity contribution in [3.05, 3.63) is 60.8 Å². The highest BCUT2D eigenvalue weighted by atomic mass is 16.1. The maximum atomic E-state index is 11.5. The Bertz CT molecular complexity index is 406. The second-order valence-electron chi connectivity index (χ2n) is 4.84. The minimum Gasteiger partial charge on any atom is -0.295 e. The van der Waals surface area contributed by atoms with Crippen LogP contribution >= 0.6 is 0 Å². The number of hydrogen-bond acceptors (Lipinski definition) is 2. The summed E-state index contributed by atoms with van der Waals surface area (Å²) in [5.41, 5.74) is 1.93. The second kappa shape index (κ2) is 10.9. The number of carbonyl (C=O) groups is 2. The zero-order valence-corrected chi connectivity index (χ0v) is 12.5. The van der Waals surface area contributed by atoms with Crippen LogP contribution in [0.5, 0.6) is 0 Å². The Balaban J connectivity index is 3.91. The van der Waals surface area contributed by atoms with Crippen molar-refractivity contribution in [2.24, 2.45) is 0 Å². The van der Waals surface area contributed by atoms with E-state index < -0.39 is 0 Å². The van der Waals surface area contributed by atoms with Gasteiger partial charge in [-0.05, 0) is 38.8 Å². The highest BCUT2D eigenvalue weighted by Crippen LogP contribution is 2.00. The lowest BCUT2D eigenvalue weighted by molar-refractivity contribution is -0.116. The lowest BCUT2D eigenvalue weighted by Gasteiger charge is -1.93. The Morgan fingerprint density at radius 3 is 1.40 bits per heavy atom. The van der Waals surface area contributed by atoms with Crippen molar-refractivity contribution in [3.8, 4) is 0 Å². The van der Waals surface area contributed by atoms with E-state index in [1.54, 1.807) is 0 Å². The van der Waals surface area contributed by atoms with E-state index >= 15 is 0 Å². The van der Waals surface area contributed by atoms with E-state index in [-0.39, 0.29) is 11.6 Å². The monoisotopic (exact) mass is 272 g/mol. The molecule has 0 aliphatic carbocycles. The molecule has 0 rings (SSSR count). The van der Waals surface area contributed by atoms with Crippen molar-refractivity contribution >= 4 is 11.6 Å². The molecular formula is C18H24O2. The summed E-state index contributed by atoms with van der Waals surface area (Å²) < 4.78 is 0. The molecule has 0 radical (unpaired) electrons. The lowest BCUT2D eigenvalue weighted by atomic mass is 10.1. The van der Waals surface area contributed by atoms with Crippen LogP contribution in [0, 0.1) is 0 Å². The summed E-state index contributed by atoms with van der Waals surface area (Å²) in [4.78, 5) is 23.0. The first-order valence-corrected chi connectivity index (χ1v) is 6.79. The lowest BCUT2D eigenvalue weighted by Crippen LogP contribution is -1.96. The summed E-state index contributed by atoms with van der Waals surface area (Å²) in [6.07, 6.45) is 12.5. The molecule has 2 nitrogen and oxygen atoms in total. The Morgan fingerprint density at radius 2 is 1.10 bits per heavy atom. The predicted molar refractivity (Wildman–Crippen MR) is 85.5 cm³/mol. The smallest absolute Gasteiger partial charge is 0.156 e. The van der Waals surface area contributed by atoms with Crippen LogP contribution in [0.25, 0.3) is 0 Å². The maximum absolute atomic E-state index is 11.5. The molecule has 0 aromatic rings. The van der Waals surface area contributed by atoms with Gasteiger partial charge in [-0.3, -0.25) is 9.59 Å². The van der Waals surface area contributed by atoms with E-state index in [2.05, 4.69) is 13.2 Å². The molecule has 0 N–H and O–H groups in total. The molecule has 0 aromatic carbocycles. The number of allylic oxidation sites excluding steroid dienone is 8. The van der Waals surface area contributed by atoms with Gasteiger partial charge < -0.3 is 0 Å². The van der Waals surface area contributed by atoms with Gasteiger partial charge in [-0.2, -0.15) is 0 Å². The maximum Gasteiger partial charge on any atom is 0.156 e. The van der Waals surface area contributed by atoms with Crippen LogP contribution in [0.4, 0.5) is 0 Å². The fraction of sp³-hybridized carbons (Fsp3) is 0.333. The molecule has 0 saturated carbocycles. The SMILES string of the molecule is C=C(C)/C=C/CCC(=O)/C=C/C(=O)CC/C=C/C(=C)C. The predicted octanol–water partition coefficient (Wildman–Crippen LogP) is 4.51. The molecule has 0 aliphatic heterocycles. The zero-order chi connectivity index (χ0) is 15.4. The van der Waals surface area contributed by atoms with Crippen LogP contribution in [0.3, 0.4) is 0 Å². The summed E-state index contributed by atoms with van der Waals surface area (Å²) in [7, 11) is 0. The molecule has 0 amide bonds. The van der Waals surface area contributed by atoms with Gasteiger partial charge >= 0.3 is 0 Å². The second-order valence-corrected chi connectivity index (χ2v) is 4.84. The molecule has 20 heavy (non-hydrogen) atoms. The van der Waals surface area contributed by atoms with Crippen molar-refractivity contribution in [2.75, 3.05) is 0 Å². The number of carbonyl (C=O) groups excluding carboxylic acids is 2. The van der Waals surface area contributed by atoms with Gasteiger partial charge in [0.25, 0.3) is 0 Å². The van der Waals surface area contributed by atoms with Gasteiger partial charge in [0.15, 0.2) is 11.6 Å². The Hall–Kier alpha value is -1.96. The van der Waals surface area contributed by atoms with Crippen LogP contribution < -0.4 is 0 Å². The molecule has 0 heterocycles. The van der Waals surface area contributed by atoms with E-state index in [9.17, 15) is 9.59 Å². The Labute approximate surface area is 122 Å². The van der Waals surface area contributed by atoms with E-state index in [0.717, 1.165) is 11.1 Å². The minimum absolute atomic E-state index is 0.0257. The number of ketones is 2. The van der Waals surface area contributed by atoms with Gasteiger partial charge in [0.05, 0.1) is 0 Å². The highest BCUT2D eigenvalue weighted by molar-refractivity contribution is 5.98. The van der Waals surface area contributed by atoms with Gasteiger partial charge in [-0.25, -0.2) is 0 Å². The normalized spacial score (nSPS) is 11.5. The highest BCUT2D eigenvalue weighted by Gasteiger charge is 1.98. The average Bonchev–Trinajstić information content (AvgIpc) is 2.37. The Kier molecular flexibility index (Phi) is 9.85. The van der Waals surface area contributed by atoms with E-state index in [4.69, 9.17) is 0 Å². The van der Waals surface area contributed by atoms with Crippen LogP contribution in [-0.4, -0.2) is 11.6 Å². The third kappa shape index (κ3) is 12.5. The fourth-order valence-electron chi connectivity index (χ4n) is 1.37. The molecule has 0 aromatic heterocycles. The van der Waals surface area contributed by atoms with Crippen LogP contribution in [-0.2, 0) is 9.59 Å². The van der Waals surface area contributed by atoms with Crippen molar-refractivity contribution in [1.29, 1.82) is 0 Å². The largest absolute Gasteiger partial charge is 0.295 e. The van der Waals surface area contributed by atoms with E-state index in [0.29, 0.717) is 25.7 Å². The molecule has 0 unspecified atom stereocenters. The topological polar surface area (TPSA) is 34.1 Å². The molecule has 2 heteroatoms. The van der Waals surface area contributed by atoms with Crippen molar-refractivity contribution in [1.82, 2.24) is 0 Å². The molecule has 0 atom stereocenters. The first kappa shape index (κ1) is 18.0. The first-order chi connectivity index (χ1) is 9.41. The van der Waals surface area contributed by atoms with Crippen molar-refractivity contribution in [2.45, 2.75) is 39.5 Å². The molecule has 0 fully saturated rings. The van der Waals surface area contributed by atoms with Gasteiger partial charge in [0.1, 0.15) is 0 Å². The zero-order valence-electron chi connectivity index (χ0n) is 12.5. The summed E-state index contributed by atoms with van der Waals surface area (Å²) in [5, 5.41) is 0. The van der Waals surface area contributed by atoms with Crippen molar-refractivity contribution in [3.63, 3.8) is 0 Å². The van der Waals surface area contributed by atoms with Gasteiger partial charge in [-0.15, -0.1) is 0 Å². The van der Waals surface area contributed by atoms with E-state index in [1.165, 1.54) is 12.2 Å². The average molecular weight is 272 g/mol. The van der Waals surface area contributed by atoms with Gasteiger partial charge in [-0.1, -0.05) is 48.6 Å². The van der Waals surface area contributed by atoms with E-state index in [1.807, 2.05) is 38.2 Å². The van der Waals surface area contributed by atoms with Gasteiger partial charge in [0, 0.05) is 12.8 Å². The quantitative estimate of drug-likeness (QED) is 0.433. The third-order valence-electron chi connectivity index (χ3n) is 2.37. The van der Waals surface area contributed by atoms with Crippen LogP contribution in [0.2, 0.25) is 0 Å². The first-order valence-electron chi connectivity index (χ1n) is 6.79. The molecule has 108 valence electrons. The van der Waals surface area contributed by atoms with Crippen molar-refractivity contribution < 1.29 is 9.59 Å². The Morgan fingerprint density at radius 1 is 0.750 bits per heavy atom. The molecule has 0 bridgehead atoms. The summed E-state index contributed by atoms with van der Waals surface area (Å²) >= 11 is 0. The summed E-state index contributed by atoms with van der Waals surface area (Å²) in [5.74, 6) is -0.0515. The fourth-order valence-corrected chi connectivity index (χ4v) is 1.37.